The number of amides is 1. The number of nitrogens with one attached hydrogen (secondary N) is 2. The van der Waals surface area contributed by atoms with Gasteiger partial charge in [-0.15, -0.1) is 0 Å². The normalized spacial score (nSPS) is 27.4. The highest BCUT2D eigenvalue weighted by Crippen LogP contribution is 2.41. The number of rotatable bonds is 9. The summed E-state index contributed by atoms with van der Waals surface area (Å²) in [4.78, 5) is 12.7. The van der Waals surface area contributed by atoms with Gasteiger partial charge in [-0.2, -0.15) is 17.0 Å². The maximum atomic E-state index is 13.7. The Kier molecular flexibility index (Phi) is 7.09. The van der Waals surface area contributed by atoms with Crippen molar-refractivity contribution in [3.8, 4) is 0 Å². The zero-order valence-corrected chi connectivity index (χ0v) is 22.0. The third kappa shape index (κ3) is 5.48. The summed E-state index contributed by atoms with van der Waals surface area (Å²) in [5.74, 6) is 0.980. The quantitative estimate of drug-likeness (QED) is 0.519. The summed E-state index contributed by atoms with van der Waals surface area (Å²) in [5.41, 5.74) is 1.64. The fourth-order valence-corrected chi connectivity index (χ4v) is 8.41. The lowest BCUT2D eigenvalue weighted by molar-refractivity contribution is 0.0897. The molecule has 4 aliphatic rings. The molecule has 1 aliphatic carbocycles. The first-order valence-corrected chi connectivity index (χ1v) is 15.2. The molecule has 10 heteroatoms. The lowest BCUT2D eigenvalue weighted by atomic mass is 9.99. The summed E-state index contributed by atoms with van der Waals surface area (Å²) in [6.45, 7) is 2.01. The van der Waals surface area contributed by atoms with E-state index in [4.69, 9.17) is 4.52 Å². The van der Waals surface area contributed by atoms with E-state index in [9.17, 15) is 13.2 Å². The number of hydrogen-bond acceptors (Lipinski definition) is 6. The largest absolute Gasteiger partial charge is 0.360 e. The van der Waals surface area contributed by atoms with Gasteiger partial charge in [-0.05, 0) is 69.9 Å². The Hall–Kier alpha value is -2.27. The van der Waals surface area contributed by atoms with E-state index in [0.717, 1.165) is 57.3 Å². The third-order valence-electron chi connectivity index (χ3n) is 8.48. The highest BCUT2D eigenvalue weighted by Gasteiger charge is 2.49. The van der Waals surface area contributed by atoms with Crippen LogP contribution in [0.2, 0.25) is 0 Å². The lowest BCUT2D eigenvalue weighted by Crippen LogP contribution is -2.57. The Labute approximate surface area is 219 Å². The molecule has 0 radical (unpaired) electrons. The minimum atomic E-state index is -3.51. The molecule has 3 aliphatic heterocycles. The highest BCUT2D eigenvalue weighted by atomic mass is 32.2. The van der Waals surface area contributed by atoms with Gasteiger partial charge >= 0.3 is 0 Å². The van der Waals surface area contributed by atoms with Crippen molar-refractivity contribution in [1.29, 1.82) is 0 Å². The van der Waals surface area contributed by atoms with E-state index in [1.54, 1.807) is 14.7 Å². The molecule has 1 unspecified atom stereocenters. The van der Waals surface area contributed by atoms with Crippen molar-refractivity contribution in [3.05, 3.63) is 53.4 Å². The van der Waals surface area contributed by atoms with E-state index in [1.807, 2.05) is 6.07 Å². The second-order valence-corrected chi connectivity index (χ2v) is 13.0. The van der Waals surface area contributed by atoms with Crippen LogP contribution in [-0.2, 0) is 16.6 Å². The highest BCUT2D eigenvalue weighted by molar-refractivity contribution is 7.86. The molecular formula is C27H37N5O4S. The SMILES string of the molecule is O=C(NC1C[C@H]2CC[C@@H](C1)N2S(=O)(=O)N1CCC(NCCc2ccccc2)CC1)c1cc(C2CC2)on1. The number of piperidine rings is 2. The van der Waals surface area contributed by atoms with Crippen molar-refractivity contribution in [2.24, 2.45) is 0 Å². The second-order valence-electron chi connectivity index (χ2n) is 11.1. The zero-order chi connectivity index (χ0) is 25.4. The van der Waals surface area contributed by atoms with Gasteiger partial charge < -0.3 is 15.2 Å². The van der Waals surface area contributed by atoms with E-state index in [-0.39, 0.29) is 24.0 Å². The fourth-order valence-electron chi connectivity index (χ4n) is 6.33. The molecule has 1 saturated carbocycles. The van der Waals surface area contributed by atoms with Crippen molar-refractivity contribution in [3.63, 3.8) is 0 Å². The fraction of sp³-hybridized carbons (Fsp3) is 0.630. The van der Waals surface area contributed by atoms with Crippen LogP contribution in [0.15, 0.2) is 40.9 Å². The molecule has 2 N–H and O–H groups in total. The predicted octanol–water partition coefficient (Wildman–Crippen LogP) is 2.82. The number of carbonyl (C=O) groups excluding carboxylic acids is 1. The number of hydrogen-bond donors (Lipinski definition) is 2. The number of fused-ring (bicyclic) bond motifs is 2. The van der Waals surface area contributed by atoms with Gasteiger partial charge in [-0.3, -0.25) is 4.79 Å². The number of aromatic nitrogens is 1. The topological polar surface area (TPSA) is 108 Å². The smallest absolute Gasteiger partial charge is 0.282 e. The molecule has 0 spiro atoms. The van der Waals surface area contributed by atoms with Gasteiger partial charge in [0.15, 0.2) is 5.69 Å². The van der Waals surface area contributed by atoms with E-state index >= 15 is 0 Å². The van der Waals surface area contributed by atoms with Crippen LogP contribution in [0.25, 0.3) is 0 Å². The van der Waals surface area contributed by atoms with Crippen molar-refractivity contribution in [2.75, 3.05) is 19.6 Å². The van der Waals surface area contributed by atoms with E-state index < -0.39 is 10.2 Å². The molecule has 4 fully saturated rings. The molecule has 2 aromatic rings. The summed E-state index contributed by atoms with van der Waals surface area (Å²) < 4.78 is 36.1. The molecular weight excluding hydrogens is 490 g/mol. The first kappa shape index (κ1) is 25.0. The number of nitrogens with zero attached hydrogens (tertiary/aromatic N) is 3. The van der Waals surface area contributed by atoms with E-state index in [0.29, 0.717) is 43.6 Å². The van der Waals surface area contributed by atoms with Crippen LogP contribution in [0.4, 0.5) is 0 Å². The summed E-state index contributed by atoms with van der Waals surface area (Å²) in [6.07, 6.45) is 7.81. The van der Waals surface area contributed by atoms with Crippen LogP contribution < -0.4 is 10.6 Å². The van der Waals surface area contributed by atoms with Gasteiger partial charge in [-0.1, -0.05) is 35.5 Å². The molecule has 1 aromatic carbocycles. The van der Waals surface area contributed by atoms with Crippen molar-refractivity contribution in [1.82, 2.24) is 24.4 Å². The molecule has 3 atom stereocenters. The first-order chi connectivity index (χ1) is 18.0. The third-order valence-corrected chi connectivity index (χ3v) is 10.6. The maximum absolute atomic E-state index is 13.7. The monoisotopic (exact) mass is 527 g/mol. The van der Waals surface area contributed by atoms with Gasteiger partial charge in [0.1, 0.15) is 5.76 Å². The molecule has 3 saturated heterocycles. The average Bonchev–Trinajstić information content (AvgIpc) is 3.56. The molecule has 6 rings (SSSR count). The minimum Gasteiger partial charge on any atom is -0.360 e. The lowest BCUT2D eigenvalue weighted by Gasteiger charge is -2.42. The van der Waals surface area contributed by atoms with Gasteiger partial charge in [0.2, 0.25) is 0 Å². The van der Waals surface area contributed by atoms with E-state index in [2.05, 4.69) is 40.1 Å². The molecule has 4 heterocycles. The predicted molar refractivity (Wildman–Crippen MR) is 139 cm³/mol. The molecule has 200 valence electrons. The maximum Gasteiger partial charge on any atom is 0.282 e. The Morgan fingerprint density at radius 1 is 0.973 bits per heavy atom. The van der Waals surface area contributed by atoms with Crippen molar-refractivity contribution < 1.29 is 17.7 Å². The number of benzene rings is 1. The summed E-state index contributed by atoms with van der Waals surface area (Å²) in [7, 11) is -3.51. The summed E-state index contributed by atoms with van der Waals surface area (Å²) in [6, 6.07) is 12.4. The molecule has 1 amide bonds. The van der Waals surface area contributed by atoms with Gasteiger partial charge in [0.25, 0.3) is 16.1 Å². The Morgan fingerprint density at radius 2 is 1.68 bits per heavy atom. The second kappa shape index (κ2) is 10.5. The summed E-state index contributed by atoms with van der Waals surface area (Å²) in [5, 5.41) is 10.7. The number of carbonyl (C=O) groups is 1. The first-order valence-electron chi connectivity index (χ1n) is 13.8. The van der Waals surface area contributed by atoms with Crippen molar-refractivity contribution >= 4 is 16.1 Å². The van der Waals surface area contributed by atoms with E-state index in [1.165, 1.54) is 5.56 Å². The van der Waals surface area contributed by atoms with Crippen LogP contribution in [0, 0.1) is 0 Å². The van der Waals surface area contributed by atoms with Gasteiger partial charge in [-0.25, -0.2) is 0 Å². The van der Waals surface area contributed by atoms with Gasteiger partial charge in [0.05, 0.1) is 0 Å². The van der Waals surface area contributed by atoms with Crippen LogP contribution >= 0.6 is 0 Å². The molecule has 9 nitrogen and oxygen atoms in total. The van der Waals surface area contributed by atoms with Gasteiger partial charge in [0, 0.05) is 49.2 Å². The molecule has 37 heavy (non-hydrogen) atoms. The average molecular weight is 528 g/mol. The van der Waals surface area contributed by atoms with Crippen LogP contribution in [-0.4, -0.2) is 71.9 Å². The van der Waals surface area contributed by atoms with Crippen LogP contribution in [0.3, 0.4) is 0 Å². The Bertz CT molecular complexity index is 1180. The Morgan fingerprint density at radius 3 is 2.35 bits per heavy atom. The molecule has 1 aromatic heterocycles. The van der Waals surface area contributed by atoms with Crippen LogP contribution in [0.5, 0.6) is 0 Å². The standard InChI is InChI=1S/C27H37N5O4S/c33-27(25-18-26(36-30-25)20-6-7-20)29-22-16-23-8-9-24(17-22)32(23)37(34,35)31-14-11-21(12-15-31)28-13-10-19-4-2-1-3-5-19/h1-5,18,20-24,28H,6-17H2,(H,29,33)/t22?,23-,24+. The zero-order valence-electron chi connectivity index (χ0n) is 21.2. The molecule has 2 bridgehead atoms. The van der Waals surface area contributed by atoms with Crippen molar-refractivity contribution in [2.45, 2.75) is 87.9 Å². The van der Waals surface area contributed by atoms with Crippen LogP contribution in [0.1, 0.15) is 79.1 Å². The Balaban J connectivity index is 0.995. The summed E-state index contributed by atoms with van der Waals surface area (Å²) >= 11 is 0. The minimum absolute atomic E-state index is 0.0444.